The van der Waals surface area contributed by atoms with E-state index < -0.39 is 5.97 Å². The van der Waals surface area contributed by atoms with Gasteiger partial charge in [0.25, 0.3) is 0 Å². The van der Waals surface area contributed by atoms with Crippen LogP contribution >= 0.6 is 0 Å². The van der Waals surface area contributed by atoms with E-state index in [1.54, 1.807) is 0 Å². The third-order valence-corrected chi connectivity index (χ3v) is 3.37. The second kappa shape index (κ2) is 9.61. The smallest absolute Gasteiger partial charge is 0.323 e. The molecule has 23 heavy (non-hydrogen) atoms. The molecule has 0 spiro atoms. The molecule has 0 aromatic heterocycles. The van der Waals surface area contributed by atoms with E-state index in [1.165, 1.54) is 10.5 Å². The van der Waals surface area contributed by atoms with Gasteiger partial charge in [0, 0.05) is 13.0 Å². The zero-order chi connectivity index (χ0) is 17.2. The largest absolute Gasteiger partial charge is 0.480 e. The number of carboxylic acids is 1. The van der Waals surface area contributed by atoms with Gasteiger partial charge in [-0.2, -0.15) is 0 Å². The molecule has 2 N–H and O–H groups in total. The summed E-state index contributed by atoms with van der Waals surface area (Å²) in [4.78, 5) is 35.7. The van der Waals surface area contributed by atoms with Gasteiger partial charge in [0.05, 0.1) is 6.54 Å². The lowest BCUT2D eigenvalue weighted by atomic mass is 10.1. The molecule has 0 atom stereocenters. The summed E-state index contributed by atoms with van der Waals surface area (Å²) in [6, 6.07) is 7.93. The van der Waals surface area contributed by atoms with E-state index in [0.29, 0.717) is 25.8 Å². The first-order chi connectivity index (χ1) is 10.9. The van der Waals surface area contributed by atoms with Gasteiger partial charge in [0.1, 0.15) is 6.54 Å². The van der Waals surface area contributed by atoms with Crippen LogP contribution in [0.2, 0.25) is 0 Å². The number of amides is 2. The predicted octanol–water partition coefficient (Wildman–Crippen LogP) is 1.37. The molecule has 0 aliphatic carbocycles. The van der Waals surface area contributed by atoms with E-state index in [0.717, 1.165) is 5.56 Å². The topological polar surface area (TPSA) is 86.7 Å². The number of aryl methyl sites for hydroxylation is 2. The molecule has 6 heteroatoms. The molecule has 0 aliphatic heterocycles. The maximum absolute atomic E-state index is 11.9. The number of carbonyl (C=O) groups excluding carboxylic acids is 2. The van der Waals surface area contributed by atoms with Crippen molar-refractivity contribution >= 4 is 17.8 Å². The van der Waals surface area contributed by atoms with Crippen LogP contribution in [0.15, 0.2) is 24.3 Å². The van der Waals surface area contributed by atoms with E-state index in [2.05, 4.69) is 5.32 Å². The lowest BCUT2D eigenvalue weighted by Gasteiger charge is -2.20. The molecule has 0 saturated carbocycles. The third kappa shape index (κ3) is 7.44. The summed E-state index contributed by atoms with van der Waals surface area (Å²) in [6.07, 6.45) is 1.57. The Hall–Kier alpha value is -2.37. The summed E-state index contributed by atoms with van der Waals surface area (Å²) in [5.41, 5.74) is 2.23. The number of nitrogens with one attached hydrogen (secondary N) is 1. The van der Waals surface area contributed by atoms with Crippen LogP contribution in [-0.4, -0.2) is 47.4 Å². The average Bonchev–Trinajstić information content (AvgIpc) is 2.51. The maximum atomic E-state index is 11.9. The van der Waals surface area contributed by atoms with Gasteiger partial charge in [-0.25, -0.2) is 0 Å². The Kier molecular flexibility index (Phi) is 7.80. The number of hydrogen-bond acceptors (Lipinski definition) is 3. The second-order valence-electron chi connectivity index (χ2n) is 5.47. The number of carbonyl (C=O) groups is 3. The summed E-state index contributed by atoms with van der Waals surface area (Å²) in [5.74, 6) is -1.65. The zero-order valence-corrected chi connectivity index (χ0v) is 13.7. The molecule has 1 rings (SSSR count). The van der Waals surface area contributed by atoms with Crippen LogP contribution in [0.3, 0.4) is 0 Å². The molecular weight excluding hydrogens is 296 g/mol. The fourth-order valence-corrected chi connectivity index (χ4v) is 2.11. The fourth-order valence-electron chi connectivity index (χ4n) is 2.11. The maximum Gasteiger partial charge on any atom is 0.323 e. The summed E-state index contributed by atoms with van der Waals surface area (Å²) in [5, 5.41) is 11.3. The standard InChI is InChI=1S/C17H24N2O4/c1-3-10-19(12-17(22)23)16(21)11-18-15(20)9-8-14-6-4-13(2)5-7-14/h4-7H,3,8-12H2,1-2H3,(H,18,20)(H,22,23). The van der Waals surface area contributed by atoms with Gasteiger partial charge in [0.15, 0.2) is 0 Å². The number of rotatable bonds is 9. The van der Waals surface area contributed by atoms with Crippen LogP contribution < -0.4 is 5.32 Å². The van der Waals surface area contributed by atoms with E-state index in [4.69, 9.17) is 5.11 Å². The zero-order valence-electron chi connectivity index (χ0n) is 13.7. The van der Waals surface area contributed by atoms with Crippen molar-refractivity contribution in [3.05, 3.63) is 35.4 Å². The Morgan fingerprint density at radius 3 is 2.39 bits per heavy atom. The highest BCUT2D eigenvalue weighted by molar-refractivity contribution is 5.86. The molecule has 126 valence electrons. The number of aliphatic carboxylic acids is 1. The number of nitrogens with zero attached hydrogens (tertiary/aromatic N) is 1. The Morgan fingerprint density at radius 2 is 1.83 bits per heavy atom. The number of benzene rings is 1. The summed E-state index contributed by atoms with van der Waals surface area (Å²) in [7, 11) is 0. The highest BCUT2D eigenvalue weighted by Crippen LogP contribution is 2.05. The van der Waals surface area contributed by atoms with Crippen molar-refractivity contribution in [2.45, 2.75) is 33.1 Å². The van der Waals surface area contributed by atoms with E-state index in [9.17, 15) is 14.4 Å². The minimum absolute atomic E-state index is 0.167. The first kappa shape index (κ1) is 18.7. The Bertz CT molecular complexity index is 540. The van der Waals surface area contributed by atoms with E-state index >= 15 is 0 Å². The van der Waals surface area contributed by atoms with Gasteiger partial charge >= 0.3 is 5.97 Å². The van der Waals surface area contributed by atoms with Crippen molar-refractivity contribution in [2.24, 2.45) is 0 Å². The van der Waals surface area contributed by atoms with Crippen molar-refractivity contribution in [2.75, 3.05) is 19.6 Å². The lowest BCUT2D eigenvalue weighted by Crippen LogP contribution is -2.42. The average molecular weight is 320 g/mol. The van der Waals surface area contributed by atoms with Crippen LogP contribution in [0, 0.1) is 6.92 Å². The quantitative estimate of drug-likeness (QED) is 0.719. The monoisotopic (exact) mass is 320 g/mol. The predicted molar refractivity (Wildman–Crippen MR) is 87.0 cm³/mol. The van der Waals surface area contributed by atoms with Gasteiger partial charge in [-0.15, -0.1) is 0 Å². The Morgan fingerprint density at radius 1 is 1.17 bits per heavy atom. The van der Waals surface area contributed by atoms with Gasteiger partial charge in [-0.05, 0) is 25.3 Å². The van der Waals surface area contributed by atoms with Crippen molar-refractivity contribution in [1.29, 1.82) is 0 Å². The van der Waals surface area contributed by atoms with Gasteiger partial charge in [0.2, 0.25) is 11.8 Å². The van der Waals surface area contributed by atoms with Gasteiger partial charge < -0.3 is 15.3 Å². The van der Waals surface area contributed by atoms with Crippen LogP contribution in [0.4, 0.5) is 0 Å². The molecule has 0 unspecified atom stereocenters. The Balaban J connectivity index is 2.37. The van der Waals surface area contributed by atoms with Gasteiger partial charge in [-0.1, -0.05) is 36.8 Å². The van der Waals surface area contributed by atoms with Crippen LogP contribution in [0.25, 0.3) is 0 Å². The summed E-state index contributed by atoms with van der Waals surface area (Å²) < 4.78 is 0. The highest BCUT2D eigenvalue weighted by Gasteiger charge is 2.16. The van der Waals surface area contributed by atoms with E-state index in [-0.39, 0.29) is 24.9 Å². The van der Waals surface area contributed by atoms with Crippen LogP contribution in [-0.2, 0) is 20.8 Å². The number of hydrogen-bond donors (Lipinski definition) is 2. The van der Waals surface area contributed by atoms with Crippen molar-refractivity contribution in [3.63, 3.8) is 0 Å². The molecule has 1 aromatic rings. The van der Waals surface area contributed by atoms with Crippen LogP contribution in [0.1, 0.15) is 30.9 Å². The minimum atomic E-state index is -1.06. The molecule has 0 fully saturated rings. The first-order valence-electron chi connectivity index (χ1n) is 7.74. The van der Waals surface area contributed by atoms with E-state index in [1.807, 2.05) is 38.1 Å². The fraction of sp³-hybridized carbons (Fsp3) is 0.471. The molecule has 6 nitrogen and oxygen atoms in total. The molecular formula is C17H24N2O4. The van der Waals surface area contributed by atoms with Crippen molar-refractivity contribution in [1.82, 2.24) is 10.2 Å². The molecule has 1 aromatic carbocycles. The molecule has 0 aliphatic rings. The summed E-state index contributed by atoms with van der Waals surface area (Å²) in [6.45, 7) is 3.72. The SMILES string of the molecule is CCCN(CC(=O)O)C(=O)CNC(=O)CCc1ccc(C)cc1. The molecule has 2 amide bonds. The Labute approximate surface area is 136 Å². The second-order valence-corrected chi connectivity index (χ2v) is 5.47. The van der Waals surface area contributed by atoms with Crippen molar-refractivity contribution in [3.8, 4) is 0 Å². The third-order valence-electron chi connectivity index (χ3n) is 3.37. The number of carboxylic acid groups (broad SMARTS) is 1. The van der Waals surface area contributed by atoms with Gasteiger partial charge in [-0.3, -0.25) is 14.4 Å². The minimum Gasteiger partial charge on any atom is -0.480 e. The lowest BCUT2D eigenvalue weighted by molar-refractivity contribution is -0.144. The molecule has 0 saturated heterocycles. The molecule has 0 bridgehead atoms. The normalized spacial score (nSPS) is 10.2. The molecule has 0 heterocycles. The molecule has 0 radical (unpaired) electrons. The first-order valence-corrected chi connectivity index (χ1v) is 7.74. The summed E-state index contributed by atoms with van der Waals surface area (Å²) >= 11 is 0. The van der Waals surface area contributed by atoms with Crippen molar-refractivity contribution < 1.29 is 19.5 Å². The highest BCUT2D eigenvalue weighted by atomic mass is 16.4. The van der Waals surface area contributed by atoms with Crippen LogP contribution in [0.5, 0.6) is 0 Å².